The summed E-state index contributed by atoms with van der Waals surface area (Å²) in [4.78, 5) is 12.2. The topological polar surface area (TPSA) is 47.6 Å². The first-order valence-electron chi connectivity index (χ1n) is 9.36. The molecule has 1 fully saturated rings. The Labute approximate surface area is 159 Å². The van der Waals surface area contributed by atoms with Crippen molar-refractivity contribution in [1.82, 2.24) is 0 Å². The number of ether oxygens (including phenoxy) is 2. The Bertz CT molecular complexity index is 768. The highest BCUT2D eigenvalue weighted by Crippen LogP contribution is 2.41. The van der Waals surface area contributed by atoms with Crippen molar-refractivity contribution in [3.8, 4) is 11.5 Å². The van der Waals surface area contributed by atoms with Gasteiger partial charge in [-0.25, -0.2) is 4.39 Å². The second-order valence-corrected chi connectivity index (χ2v) is 7.08. The average Bonchev–Trinajstić information content (AvgIpc) is 2.70. The van der Waals surface area contributed by atoms with Gasteiger partial charge in [0.05, 0.1) is 14.2 Å². The van der Waals surface area contributed by atoms with E-state index in [1.54, 1.807) is 26.4 Å². The van der Waals surface area contributed by atoms with Gasteiger partial charge in [0.2, 0.25) is 5.91 Å². The maximum atomic E-state index is 12.9. The minimum Gasteiger partial charge on any atom is -0.497 e. The van der Waals surface area contributed by atoms with Gasteiger partial charge >= 0.3 is 0 Å². The summed E-state index contributed by atoms with van der Waals surface area (Å²) in [5.41, 5.74) is 1.85. The zero-order valence-corrected chi connectivity index (χ0v) is 15.8. The summed E-state index contributed by atoms with van der Waals surface area (Å²) in [5.74, 6) is 2.18. The molecule has 0 atom stereocenters. The summed E-state index contributed by atoms with van der Waals surface area (Å²) in [6.07, 6.45) is 4.60. The van der Waals surface area contributed by atoms with Gasteiger partial charge in [0.15, 0.2) is 0 Å². The smallest absolute Gasteiger partial charge is 0.224 e. The maximum absolute atomic E-state index is 12.9. The number of carbonyl (C=O) groups is 1. The third-order valence-corrected chi connectivity index (χ3v) is 5.33. The number of amides is 1. The fourth-order valence-electron chi connectivity index (χ4n) is 3.84. The van der Waals surface area contributed by atoms with E-state index in [0.29, 0.717) is 23.9 Å². The van der Waals surface area contributed by atoms with E-state index in [4.69, 9.17) is 9.47 Å². The molecule has 0 aliphatic heterocycles. The molecule has 0 saturated heterocycles. The van der Waals surface area contributed by atoms with E-state index in [0.717, 1.165) is 37.2 Å². The molecule has 0 unspecified atom stereocenters. The van der Waals surface area contributed by atoms with Crippen molar-refractivity contribution >= 4 is 11.6 Å². The van der Waals surface area contributed by atoms with Crippen LogP contribution in [-0.2, 0) is 4.79 Å². The fraction of sp³-hybridized carbons (Fsp3) is 0.409. The maximum Gasteiger partial charge on any atom is 0.224 e. The van der Waals surface area contributed by atoms with Gasteiger partial charge in [0.25, 0.3) is 0 Å². The van der Waals surface area contributed by atoms with Crippen LogP contribution in [0.25, 0.3) is 0 Å². The molecule has 0 spiro atoms. The Kier molecular flexibility index (Phi) is 6.32. The monoisotopic (exact) mass is 371 g/mol. The molecule has 1 aliphatic rings. The molecule has 27 heavy (non-hydrogen) atoms. The molecule has 3 rings (SSSR count). The lowest BCUT2D eigenvalue weighted by atomic mass is 9.77. The van der Waals surface area contributed by atoms with Crippen molar-refractivity contribution in [3.63, 3.8) is 0 Å². The molecule has 0 bridgehead atoms. The first kappa shape index (κ1) is 19.2. The number of hydrogen-bond acceptors (Lipinski definition) is 3. The van der Waals surface area contributed by atoms with Gasteiger partial charge in [-0.05, 0) is 73.4 Å². The third kappa shape index (κ3) is 5.00. The van der Waals surface area contributed by atoms with Gasteiger partial charge in [-0.15, -0.1) is 0 Å². The number of halogens is 1. The number of rotatable bonds is 6. The van der Waals surface area contributed by atoms with Crippen LogP contribution in [0.3, 0.4) is 0 Å². The first-order chi connectivity index (χ1) is 13.1. The van der Waals surface area contributed by atoms with Gasteiger partial charge < -0.3 is 14.8 Å². The van der Waals surface area contributed by atoms with Crippen LogP contribution >= 0.6 is 0 Å². The van der Waals surface area contributed by atoms with Crippen LogP contribution in [0.5, 0.6) is 11.5 Å². The zero-order valence-electron chi connectivity index (χ0n) is 15.8. The Morgan fingerprint density at radius 2 is 1.74 bits per heavy atom. The van der Waals surface area contributed by atoms with Gasteiger partial charge in [-0.3, -0.25) is 4.79 Å². The molecule has 1 aliphatic carbocycles. The molecule has 1 saturated carbocycles. The summed E-state index contributed by atoms with van der Waals surface area (Å²) in [5, 5.41) is 2.85. The van der Waals surface area contributed by atoms with Crippen molar-refractivity contribution in [1.29, 1.82) is 0 Å². The predicted octanol–water partition coefficient (Wildman–Crippen LogP) is 5.15. The van der Waals surface area contributed by atoms with Crippen LogP contribution < -0.4 is 14.8 Å². The fourth-order valence-corrected chi connectivity index (χ4v) is 3.84. The van der Waals surface area contributed by atoms with E-state index in [2.05, 4.69) is 11.4 Å². The van der Waals surface area contributed by atoms with Gasteiger partial charge in [-0.2, -0.15) is 0 Å². The third-order valence-electron chi connectivity index (χ3n) is 5.33. The van der Waals surface area contributed by atoms with E-state index < -0.39 is 0 Å². The number of carbonyl (C=O) groups excluding carboxylic acids is 1. The molecule has 144 valence electrons. The molecule has 0 heterocycles. The normalized spacial score (nSPS) is 19.4. The van der Waals surface area contributed by atoms with E-state index in [1.165, 1.54) is 17.7 Å². The van der Waals surface area contributed by atoms with E-state index in [-0.39, 0.29) is 11.7 Å². The Balaban J connectivity index is 1.53. The SMILES string of the molecule is COc1ccc(C2CCC(CC(=O)Nc3ccc(F)cc3)CC2)c(OC)c1. The summed E-state index contributed by atoms with van der Waals surface area (Å²) in [7, 11) is 3.33. The largest absolute Gasteiger partial charge is 0.497 e. The minimum absolute atomic E-state index is 0.00733. The second-order valence-electron chi connectivity index (χ2n) is 7.08. The number of anilines is 1. The molecule has 2 aromatic carbocycles. The van der Waals surface area contributed by atoms with Crippen molar-refractivity contribution in [2.75, 3.05) is 19.5 Å². The molecule has 5 heteroatoms. The predicted molar refractivity (Wildman–Crippen MR) is 104 cm³/mol. The molecule has 0 radical (unpaired) electrons. The van der Waals surface area contributed by atoms with E-state index in [1.807, 2.05) is 12.1 Å². The minimum atomic E-state index is -0.305. The van der Waals surface area contributed by atoms with E-state index >= 15 is 0 Å². The second kappa shape index (κ2) is 8.89. The molecular formula is C22H26FNO3. The highest BCUT2D eigenvalue weighted by atomic mass is 19.1. The van der Waals surface area contributed by atoms with Crippen molar-refractivity contribution in [2.45, 2.75) is 38.0 Å². The molecule has 2 aromatic rings. The van der Waals surface area contributed by atoms with Gasteiger partial charge in [0.1, 0.15) is 17.3 Å². The number of methoxy groups -OCH3 is 2. The van der Waals surface area contributed by atoms with Crippen molar-refractivity contribution in [3.05, 3.63) is 53.8 Å². The quantitative estimate of drug-likeness (QED) is 0.764. The van der Waals surface area contributed by atoms with Crippen LogP contribution in [0.1, 0.15) is 43.6 Å². The molecule has 1 amide bonds. The van der Waals surface area contributed by atoms with Crippen LogP contribution in [-0.4, -0.2) is 20.1 Å². The molecule has 1 N–H and O–H groups in total. The number of hydrogen-bond donors (Lipinski definition) is 1. The lowest BCUT2D eigenvalue weighted by Crippen LogP contribution is -2.20. The van der Waals surface area contributed by atoms with Gasteiger partial charge in [0, 0.05) is 18.2 Å². The lowest BCUT2D eigenvalue weighted by Gasteiger charge is -2.29. The number of nitrogens with one attached hydrogen (secondary N) is 1. The standard InChI is InChI=1S/C22H26FNO3/c1-26-19-11-12-20(21(14-19)27-2)16-5-3-15(4-6-16)13-22(25)24-18-9-7-17(23)8-10-18/h7-12,14-16H,3-6,13H2,1-2H3,(H,24,25). The summed E-state index contributed by atoms with van der Waals surface area (Å²) in [6.45, 7) is 0. The highest BCUT2D eigenvalue weighted by Gasteiger charge is 2.26. The lowest BCUT2D eigenvalue weighted by molar-refractivity contribution is -0.117. The van der Waals surface area contributed by atoms with E-state index in [9.17, 15) is 9.18 Å². The molecule has 4 nitrogen and oxygen atoms in total. The highest BCUT2D eigenvalue weighted by molar-refractivity contribution is 5.90. The summed E-state index contributed by atoms with van der Waals surface area (Å²) >= 11 is 0. The van der Waals surface area contributed by atoms with Crippen molar-refractivity contribution < 1.29 is 18.7 Å². The van der Waals surface area contributed by atoms with Gasteiger partial charge in [-0.1, -0.05) is 6.07 Å². The average molecular weight is 371 g/mol. The zero-order chi connectivity index (χ0) is 19.2. The Hall–Kier alpha value is -2.56. The molecular weight excluding hydrogens is 345 g/mol. The molecule has 0 aromatic heterocycles. The van der Waals surface area contributed by atoms with Crippen molar-refractivity contribution in [2.24, 2.45) is 5.92 Å². The summed E-state index contributed by atoms with van der Waals surface area (Å²) < 4.78 is 23.7. The Morgan fingerprint density at radius 1 is 1.04 bits per heavy atom. The number of benzene rings is 2. The van der Waals surface area contributed by atoms with Crippen LogP contribution in [0.4, 0.5) is 10.1 Å². The Morgan fingerprint density at radius 3 is 2.37 bits per heavy atom. The summed E-state index contributed by atoms with van der Waals surface area (Å²) in [6, 6.07) is 11.9. The van der Waals surface area contributed by atoms with Crippen LogP contribution in [0.15, 0.2) is 42.5 Å². The van der Waals surface area contributed by atoms with Crippen LogP contribution in [0.2, 0.25) is 0 Å². The van der Waals surface area contributed by atoms with Crippen LogP contribution in [0, 0.1) is 11.7 Å². The first-order valence-corrected chi connectivity index (χ1v) is 9.36.